The molecule has 0 spiro atoms. The Kier molecular flexibility index (Phi) is 4.43. The number of nitrogens with one attached hydrogen (secondary N) is 1. The van der Waals surface area contributed by atoms with Crippen LogP contribution >= 0.6 is 23.2 Å². The largest absolute Gasteiger partial charge is 0.314 e. The molecule has 1 aliphatic heterocycles. The van der Waals surface area contributed by atoms with Gasteiger partial charge in [-0.15, -0.1) is 0 Å². The minimum atomic E-state index is -0.201. The summed E-state index contributed by atoms with van der Waals surface area (Å²) in [5.74, 6) is 0.00946. The summed E-state index contributed by atoms with van der Waals surface area (Å²) in [6.45, 7) is 0.862. The van der Waals surface area contributed by atoms with E-state index < -0.39 is 0 Å². The summed E-state index contributed by atoms with van der Waals surface area (Å²) >= 11 is 11.4. The second-order valence-electron chi connectivity index (χ2n) is 4.51. The van der Waals surface area contributed by atoms with Crippen LogP contribution in [0.2, 0.25) is 5.02 Å². The van der Waals surface area contributed by atoms with Crippen molar-refractivity contribution in [3.05, 3.63) is 34.9 Å². The van der Waals surface area contributed by atoms with Gasteiger partial charge in [0.25, 0.3) is 0 Å². The molecule has 1 heterocycles. The molecule has 0 aliphatic carbocycles. The van der Waals surface area contributed by atoms with Gasteiger partial charge >= 0.3 is 0 Å². The number of benzene rings is 1. The lowest BCUT2D eigenvalue weighted by Crippen LogP contribution is -2.40. The Bertz CT molecular complexity index is 391. The molecule has 1 aromatic carbocycles. The third kappa shape index (κ3) is 3.70. The molecule has 0 bridgehead atoms. The highest BCUT2D eigenvalue weighted by molar-refractivity contribution is 6.64. The first-order valence-corrected chi connectivity index (χ1v) is 6.58. The van der Waals surface area contributed by atoms with E-state index in [0.29, 0.717) is 6.04 Å². The lowest BCUT2D eigenvalue weighted by molar-refractivity contribution is -0.116. The summed E-state index contributed by atoms with van der Waals surface area (Å²) in [6, 6.07) is 8.16. The zero-order valence-electron chi connectivity index (χ0n) is 9.46. The zero-order valence-corrected chi connectivity index (χ0v) is 11.0. The third-order valence-corrected chi connectivity index (χ3v) is 3.77. The highest BCUT2D eigenvalue weighted by Gasteiger charge is 2.25. The first kappa shape index (κ1) is 12.9. The number of piperidine rings is 1. The van der Waals surface area contributed by atoms with Crippen LogP contribution in [0.4, 0.5) is 0 Å². The predicted molar refractivity (Wildman–Crippen MR) is 70.5 cm³/mol. The molecule has 1 fully saturated rings. The van der Waals surface area contributed by atoms with Crippen LogP contribution in [0, 0.1) is 5.92 Å². The molecule has 92 valence electrons. The molecular formula is C13H15Cl2NO. The fourth-order valence-electron chi connectivity index (χ4n) is 2.27. The van der Waals surface area contributed by atoms with E-state index in [1.165, 1.54) is 5.56 Å². The molecule has 1 saturated heterocycles. The zero-order chi connectivity index (χ0) is 12.3. The van der Waals surface area contributed by atoms with Crippen molar-refractivity contribution < 1.29 is 4.79 Å². The molecule has 0 aromatic heterocycles. The van der Waals surface area contributed by atoms with Gasteiger partial charge in [0.2, 0.25) is 5.24 Å². The molecule has 4 heteroatoms. The Labute approximate surface area is 111 Å². The Balaban J connectivity index is 1.94. The molecule has 2 unspecified atom stereocenters. The Morgan fingerprint density at radius 2 is 2.06 bits per heavy atom. The van der Waals surface area contributed by atoms with Crippen molar-refractivity contribution in [1.82, 2.24) is 5.32 Å². The summed E-state index contributed by atoms with van der Waals surface area (Å²) in [5.41, 5.74) is 1.23. The van der Waals surface area contributed by atoms with Crippen LogP contribution in [0.3, 0.4) is 0 Å². The van der Waals surface area contributed by atoms with E-state index in [1.807, 2.05) is 24.3 Å². The van der Waals surface area contributed by atoms with Crippen molar-refractivity contribution in [3.63, 3.8) is 0 Å². The van der Waals surface area contributed by atoms with E-state index in [0.717, 1.165) is 30.8 Å². The summed E-state index contributed by atoms with van der Waals surface area (Å²) in [7, 11) is 0. The molecule has 2 rings (SSSR count). The Morgan fingerprint density at radius 1 is 1.35 bits per heavy atom. The number of carbonyl (C=O) groups is 1. The smallest absolute Gasteiger partial charge is 0.224 e. The third-order valence-electron chi connectivity index (χ3n) is 3.21. The number of halogens is 2. The van der Waals surface area contributed by atoms with Crippen LogP contribution in [0.1, 0.15) is 18.4 Å². The van der Waals surface area contributed by atoms with Gasteiger partial charge in [0.15, 0.2) is 0 Å². The van der Waals surface area contributed by atoms with Crippen LogP contribution in [0.15, 0.2) is 24.3 Å². The van der Waals surface area contributed by atoms with Gasteiger partial charge in [-0.25, -0.2) is 0 Å². The van der Waals surface area contributed by atoms with Crippen molar-refractivity contribution >= 4 is 28.4 Å². The van der Waals surface area contributed by atoms with Gasteiger partial charge in [-0.2, -0.15) is 0 Å². The highest BCUT2D eigenvalue weighted by Crippen LogP contribution is 2.21. The van der Waals surface area contributed by atoms with E-state index in [2.05, 4.69) is 5.32 Å². The first-order chi connectivity index (χ1) is 8.15. The van der Waals surface area contributed by atoms with Gasteiger partial charge in [-0.3, -0.25) is 4.79 Å². The standard InChI is InChI=1S/C13H15Cl2NO/c14-11-3-1-9(2-4-11)7-12-8-10(13(15)17)5-6-16-12/h1-4,10,12,16H,5-8H2. The normalized spacial score (nSPS) is 24.6. The van der Waals surface area contributed by atoms with Crippen LogP contribution in [0.25, 0.3) is 0 Å². The maximum Gasteiger partial charge on any atom is 0.224 e. The molecular weight excluding hydrogens is 257 g/mol. The molecule has 2 atom stereocenters. The average molecular weight is 272 g/mol. The molecule has 17 heavy (non-hydrogen) atoms. The number of hydrogen-bond donors (Lipinski definition) is 1. The van der Waals surface area contributed by atoms with Crippen LogP contribution in [-0.2, 0) is 11.2 Å². The van der Waals surface area contributed by atoms with E-state index in [-0.39, 0.29) is 11.2 Å². The Morgan fingerprint density at radius 3 is 2.71 bits per heavy atom. The molecule has 1 N–H and O–H groups in total. The second-order valence-corrected chi connectivity index (χ2v) is 5.32. The van der Waals surface area contributed by atoms with Crippen molar-refractivity contribution in [1.29, 1.82) is 0 Å². The van der Waals surface area contributed by atoms with E-state index in [4.69, 9.17) is 23.2 Å². The highest BCUT2D eigenvalue weighted by atomic mass is 35.5. The number of rotatable bonds is 3. The average Bonchev–Trinajstić information content (AvgIpc) is 2.32. The minimum Gasteiger partial charge on any atom is -0.314 e. The maximum absolute atomic E-state index is 11.2. The lowest BCUT2D eigenvalue weighted by atomic mass is 9.90. The second kappa shape index (κ2) is 5.85. The van der Waals surface area contributed by atoms with E-state index in [1.54, 1.807) is 0 Å². The molecule has 1 aliphatic rings. The van der Waals surface area contributed by atoms with Gasteiger partial charge in [0.05, 0.1) is 0 Å². The quantitative estimate of drug-likeness (QED) is 0.857. The molecule has 1 aromatic rings. The van der Waals surface area contributed by atoms with Crippen molar-refractivity contribution in [2.24, 2.45) is 5.92 Å². The summed E-state index contributed by atoms with van der Waals surface area (Å²) in [4.78, 5) is 11.2. The maximum atomic E-state index is 11.2. The van der Waals surface area contributed by atoms with Crippen LogP contribution in [-0.4, -0.2) is 17.8 Å². The van der Waals surface area contributed by atoms with Crippen molar-refractivity contribution in [2.45, 2.75) is 25.3 Å². The molecule has 0 radical (unpaired) electrons. The van der Waals surface area contributed by atoms with Crippen molar-refractivity contribution in [3.8, 4) is 0 Å². The SMILES string of the molecule is O=C(Cl)C1CCNC(Cc2ccc(Cl)cc2)C1. The molecule has 2 nitrogen and oxygen atoms in total. The van der Waals surface area contributed by atoms with Gasteiger partial charge in [-0.1, -0.05) is 23.7 Å². The van der Waals surface area contributed by atoms with E-state index in [9.17, 15) is 4.79 Å². The number of hydrogen-bond acceptors (Lipinski definition) is 2. The monoisotopic (exact) mass is 271 g/mol. The molecule has 0 saturated carbocycles. The summed E-state index contributed by atoms with van der Waals surface area (Å²) in [5, 5.41) is 3.97. The summed E-state index contributed by atoms with van der Waals surface area (Å²) < 4.78 is 0. The molecule has 0 amide bonds. The van der Waals surface area contributed by atoms with Crippen LogP contribution < -0.4 is 5.32 Å². The first-order valence-electron chi connectivity index (χ1n) is 5.82. The lowest BCUT2D eigenvalue weighted by Gasteiger charge is -2.28. The number of carbonyl (C=O) groups excluding carboxylic acids is 1. The topological polar surface area (TPSA) is 29.1 Å². The van der Waals surface area contributed by atoms with Gasteiger partial charge < -0.3 is 5.32 Å². The Hall–Kier alpha value is -0.570. The van der Waals surface area contributed by atoms with Gasteiger partial charge in [0.1, 0.15) is 0 Å². The minimum absolute atomic E-state index is 0.00946. The van der Waals surface area contributed by atoms with Crippen molar-refractivity contribution in [2.75, 3.05) is 6.54 Å². The summed E-state index contributed by atoms with van der Waals surface area (Å²) in [6.07, 6.45) is 2.59. The predicted octanol–water partition coefficient (Wildman–Crippen LogP) is 3.02. The fourth-order valence-corrected chi connectivity index (χ4v) is 2.60. The van der Waals surface area contributed by atoms with Crippen LogP contribution in [0.5, 0.6) is 0 Å². The van der Waals surface area contributed by atoms with Gasteiger partial charge in [-0.05, 0) is 55.1 Å². The van der Waals surface area contributed by atoms with E-state index >= 15 is 0 Å². The van der Waals surface area contributed by atoms with Gasteiger partial charge in [0, 0.05) is 17.0 Å². The fraction of sp³-hybridized carbons (Fsp3) is 0.462.